The van der Waals surface area contributed by atoms with E-state index < -0.39 is 0 Å². The Kier molecular flexibility index (Phi) is 7.18. The Morgan fingerprint density at radius 2 is 1.98 bits per heavy atom. The number of benzene rings is 1. The summed E-state index contributed by atoms with van der Waals surface area (Å²) in [6.45, 7) is 7.24. The number of carbonyl (C=O) groups is 2. The van der Waals surface area contributed by atoms with Crippen LogP contribution in [0.5, 0.6) is 0 Å². The number of ether oxygens (including phenoxy) is 2. The van der Waals surface area contributed by atoms with E-state index in [0.717, 1.165) is 50.4 Å². The van der Waals surface area contributed by atoms with Gasteiger partial charge in [-0.1, -0.05) is 23.4 Å². The summed E-state index contributed by atoms with van der Waals surface area (Å²) in [5.41, 5.74) is 4.56. The predicted octanol–water partition coefficient (Wildman–Crippen LogP) is 2.99. The Balaban J connectivity index is 1.15. The van der Waals surface area contributed by atoms with Gasteiger partial charge in [-0.15, -0.1) is 0 Å². The second-order valence-corrected chi connectivity index (χ2v) is 10.1. The summed E-state index contributed by atoms with van der Waals surface area (Å²) >= 11 is 0. The van der Waals surface area contributed by atoms with E-state index in [1.807, 2.05) is 41.8 Å². The molecule has 40 heavy (non-hydrogen) atoms. The maximum absolute atomic E-state index is 13.4. The molecule has 2 aliphatic heterocycles. The number of imidazole rings is 1. The van der Waals surface area contributed by atoms with E-state index >= 15 is 0 Å². The van der Waals surface area contributed by atoms with Crippen LogP contribution in [0.2, 0.25) is 0 Å². The molecule has 0 bridgehead atoms. The number of carbonyl (C=O) groups excluding carboxylic acids is 2. The van der Waals surface area contributed by atoms with Gasteiger partial charge in [0.25, 0.3) is 5.91 Å². The minimum atomic E-state index is -0.370. The molecule has 6 rings (SSSR count). The fourth-order valence-corrected chi connectivity index (χ4v) is 4.97. The van der Waals surface area contributed by atoms with Gasteiger partial charge in [0.05, 0.1) is 32.4 Å². The molecule has 0 radical (unpaired) electrons. The summed E-state index contributed by atoms with van der Waals surface area (Å²) in [5, 5.41) is 7.15. The van der Waals surface area contributed by atoms with E-state index in [4.69, 9.17) is 14.0 Å². The van der Waals surface area contributed by atoms with Gasteiger partial charge in [0.2, 0.25) is 11.7 Å². The van der Waals surface area contributed by atoms with Gasteiger partial charge in [-0.05, 0) is 36.6 Å². The second kappa shape index (κ2) is 11.1. The van der Waals surface area contributed by atoms with Crippen LogP contribution in [-0.4, -0.2) is 94.4 Å². The van der Waals surface area contributed by atoms with Crippen LogP contribution in [0.4, 0.5) is 10.5 Å². The molecule has 0 unspecified atom stereocenters. The summed E-state index contributed by atoms with van der Waals surface area (Å²) in [4.78, 5) is 37.9. The average Bonchev–Trinajstić information content (AvgIpc) is 3.60. The minimum Gasteiger partial charge on any atom is -0.453 e. The molecule has 4 aromatic rings. The molecule has 0 spiro atoms. The molecular weight excluding hydrogens is 514 g/mol. The quantitative estimate of drug-likeness (QED) is 0.373. The van der Waals surface area contributed by atoms with Gasteiger partial charge >= 0.3 is 6.09 Å². The van der Waals surface area contributed by atoms with Crippen molar-refractivity contribution in [1.82, 2.24) is 29.3 Å². The summed E-state index contributed by atoms with van der Waals surface area (Å²) in [7, 11) is 1.36. The molecular formula is C28H31N7O5. The van der Waals surface area contributed by atoms with Crippen molar-refractivity contribution in [3.8, 4) is 11.4 Å². The van der Waals surface area contributed by atoms with E-state index in [9.17, 15) is 9.59 Å². The SMILES string of the molecule is COC(=O)N1CC(c2nc(-c3ccc(C)c(NC(=O)c4cnc5ccc(CCN6CCOCC6)cn45)c3)no2)C1. The lowest BCUT2D eigenvalue weighted by molar-refractivity contribution is 0.0384. The molecule has 2 amide bonds. The van der Waals surface area contributed by atoms with Crippen LogP contribution < -0.4 is 5.32 Å². The first-order valence-electron chi connectivity index (χ1n) is 13.3. The van der Waals surface area contributed by atoms with Crippen molar-refractivity contribution in [2.24, 2.45) is 0 Å². The molecule has 12 nitrogen and oxygen atoms in total. The summed E-state index contributed by atoms with van der Waals surface area (Å²) in [5.74, 6) is 0.598. The van der Waals surface area contributed by atoms with Crippen molar-refractivity contribution in [1.29, 1.82) is 0 Å². The molecule has 2 aliphatic rings. The summed E-state index contributed by atoms with van der Waals surface area (Å²) in [6.07, 6.45) is 4.09. The van der Waals surface area contributed by atoms with Crippen LogP contribution in [0.1, 0.15) is 33.4 Å². The van der Waals surface area contributed by atoms with Crippen molar-refractivity contribution in [3.63, 3.8) is 0 Å². The van der Waals surface area contributed by atoms with Crippen LogP contribution >= 0.6 is 0 Å². The van der Waals surface area contributed by atoms with Gasteiger partial charge in [-0.25, -0.2) is 9.78 Å². The fraction of sp³-hybridized carbons (Fsp3) is 0.393. The molecule has 0 saturated carbocycles. The number of hydrogen-bond acceptors (Lipinski definition) is 9. The maximum Gasteiger partial charge on any atom is 0.409 e. The number of fused-ring (bicyclic) bond motifs is 1. The number of pyridine rings is 1. The third-order valence-corrected chi connectivity index (χ3v) is 7.47. The van der Waals surface area contributed by atoms with Crippen LogP contribution in [-0.2, 0) is 15.9 Å². The highest BCUT2D eigenvalue weighted by molar-refractivity contribution is 6.04. The third kappa shape index (κ3) is 5.27. The van der Waals surface area contributed by atoms with E-state index in [0.29, 0.717) is 47.4 Å². The monoisotopic (exact) mass is 545 g/mol. The molecule has 208 valence electrons. The van der Waals surface area contributed by atoms with E-state index in [1.54, 1.807) is 11.1 Å². The highest BCUT2D eigenvalue weighted by atomic mass is 16.5. The summed E-state index contributed by atoms with van der Waals surface area (Å²) < 4.78 is 17.5. The lowest BCUT2D eigenvalue weighted by Crippen LogP contribution is -2.48. The fourth-order valence-electron chi connectivity index (χ4n) is 4.97. The Morgan fingerprint density at radius 3 is 2.77 bits per heavy atom. The predicted molar refractivity (Wildman–Crippen MR) is 145 cm³/mol. The first-order chi connectivity index (χ1) is 19.5. The number of aryl methyl sites for hydroxylation is 1. The Morgan fingerprint density at radius 1 is 1.15 bits per heavy atom. The number of nitrogens with zero attached hydrogens (tertiary/aromatic N) is 6. The zero-order valence-corrected chi connectivity index (χ0v) is 22.5. The topological polar surface area (TPSA) is 127 Å². The average molecular weight is 546 g/mol. The smallest absolute Gasteiger partial charge is 0.409 e. The minimum absolute atomic E-state index is 0.0288. The Bertz CT molecular complexity index is 1540. The van der Waals surface area contributed by atoms with Crippen molar-refractivity contribution in [3.05, 3.63) is 65.4 Å². The number of rotatable bonds is 7. The maximum atomic E-state index is 13.4. The zero-order chi connectivity index (χ0) is 27.6. The zero-order valence-electron chi connectivity index (χ0n) is 22.5. The van der Waals surface area contributed by atoms with Crippen molar-refractivity contribution in [2.75, 3.05) is 58.4 Å². The number of nitrogens with one attached hydrogen (secondary N) is 1. The first-order valence-corrected chi connectivity index (χ1v) is 13.3. The Labute approximate surface area is 230 Å². The van der Waals surface area contributed by atoms with Crippen molar-refractivity contribution >= 4 is 23.3 Å². The number of methoxy groups -OCH3 is 1. The van der Waals surface area contributed by atoms with E-state index in [2.05, 4.69) is 31.4 Å². The van der Waals surface area contributed by atoms with Gasteiger partial charge in [-0.2, -0.15) is 4.98 Å². The molecule has 2 saturated heterocycles. The van der Waals surface area contributed by atoms with Crippen molar-refractivity contribution < 1.29 is 23.6 Å². The number of likely N-dealkylation sites (tertiary alicyclic amines) is 1. The lowest BCUT2D eigenvalue weighted by Gasteiger charge is -2.35. The van der Waals surface area contributed by atoms with Crippen LogP contribution in [0, 0.1) is 6.92 Å². The van der Waals surface area contributed by atoms with Crippen LogP contribution in [0.25, 0.3) is 17.0 Å². The van der Waals surface area contributed by atoms with Gasteiger partial charge < -0.3 is 24.2 Å². The number of amides is 2. The van der Waals surface area contributed by atoms with Gasteiger partial charge in [0, 0.05) is 50.2 Å². The molecule has 2 fully saturated rings. The molecule has 3 aromatic heterocycles. The molecule has 1 N–H and O–H groups in total. The van der Waals surface area contributed by atoms with Gasteiger partial charge in [0.15, 0.2) is 0 Å². The number of anilines is 1. The molecule has 1 aromatic carbocycles. The van der Waals surface area contributed by atoms with Gasteiger partial charge in [0.1, 0.15) is 11.3 Å². The Hall–Kier alpha value is -4.29. The van der Waals surface area contributed by atoms with Crippen molar-refractivity contribution in [2.45, 2.75) is 19.3 Å². The number of aromatic nitrogens is 4. The standard InChI is InChI=1S/C28H31N7O5/c1-18-3-5-20(25-31-27(40-32-25)21-16-34(17-21)28(37)38-2)13-22(18)30-26(36)23-14-29-24-6-4-19(15-35(23)24)7-8-33-9-11-39-12-10-33/h3-6,13-15,21H,7-12,16-17H2,1-2H3,(H,30,36). The summed E-state index contributed by atoms with van der Waals surface area (Å²) in [6, 6.07) is 9.63. The highest BCUT2D eigenvalue weighted by Crippen LogP contribution is 2.29. The third-order valence-electron chi connectivity index (χ3n) is 7.47. The van der Waals surface area contributed by atoms with Crippen LogP contribution in [0.3, 0.4) is 0 Å². The van der Waals surface area contributed by atoms with E-state index in [-0.39, 0.29) is 17.9 Å². The first kappa shape index (κ1) is 26.0. The molecule has 0 atom stereocenters. The highest BCUT2D eigenvalue weighted by Gasteiger charge is 2.36. The number of morpholine rings is 1. The van der Waals surface area contributed by atoms with Crippen LogP contribution in [0.15, 0.2) is 47.2 Å². The second-order valence-electron chi connectivity index (χ2n) is 10.1. The molecule has 12 heteroatoms. The normalized spacial score (nSPS) is 16.2. The molecule has 0 aliphatic carbocycles. The van der Waals surface area contributed by atoms with Gasteiger partial charge in [-0.3, -0.25) is 14.1 Å². The largest absolute Gasteiger partial charge is 0.453 e. The lowest BCUT2D eigenvalue weighted by atomic mass is 10.0. The van der Waals surface area contributed by atoms with E-state index in [1.165, 1.54) is 7.11 Å². The molecule has 5 heterocycles. The number of hydrogen-bond donors (Lipinski definition) is 1.